The molecule has 1 aromatic carbocycles. The lowest BCUT2D eigenvalue weighted by atomic mass is 9.94. The first-order valence-corrected chi connectivity index (χ1v) is 6.92. The smallest absolute Gasteiger partial charge is 0.296 e. The van der Waals surface area contributed by atoms with E-state index in [-0.39, 0.29) is 0 Å². The van der Waals surface area contributed by atoms with Gasteiger partial charge in [0.1, 0.15) is 0 Å². The first kappa shape index (κ1) is 13.4. The van der Waals surface area contributed by atoms with Gasteiger partial charge in [-0.2, -0.15) is 0 Å². The normalized spacial score (nSPS) is 25.6. The largest absolute Gasteiger partial charge is 0.388 e. The molecule has 0 aromatic heterocycles. The van der Waals surface area contributed by atoms with E-state index in [1.807, 2.05) is 4.90 Å². The maximum Gasteiger partial charge on any atom is 0.296 e. The zero-order valence-electron chi connectivity index (χ0n) is 11.1. The molecule has 3 rings (SSSR count). The number of halogens is 1. The highest BCUT2D eigenvalue weighted by atomic mass is 35.5. The summed E-state index contributed by atoms with van der Waals surface area (Å²) >= 11 is 6.23. The predicted octanol–water partition coefficient (Wildman–Crippen LogP) is 1.83. The SMILES string of the molecule is CC1(O)CCCN(c2cc3c(cc2Cl)C(=O)C(=O)N3)C1. The van der Waals surface area contributed by atoms with Crippen molar-refractivity contribution >= 4 is 34.7 Å². The highest BCUT2D eigenvalue weighted by Crippen LogP contribution is 2.37. The summed E-state index contributed by atoms with van der Waals surface area (Å²) in [6.45, 7) is 3.07. The topological polar surface area (TPSA) is 69.6 Å². The van der Waals surface area contributed by atoms with Crippen LogP contribution in [-0.4, -0.2) is 35.5 Å². The van der Waals surface area contributed by atoms with E-state index in [0.717, 1.165) is 25.1 Å². The molecule has 1 fully saturated rings. The molecule has 0 saturated carbocycles. The number of amides is 1. The number of nitrogens with one attached hydrogen (secondary N) is 1. The Hall–Kier alpha value is -1.59. The first-order chi connectivity index (χ1) is 9.37. The number of aliphatic hydroxyl groups is 1. The number of benzene rings is 1. The lowest BCUT2D eigenvalue weighted by molar-refractivity contribution is -0.112. The summed E-state index contributed by atoms with van der Waals surface area (Å²) in [5.41, 5.74) is 0.789. The molecule has 0 spiro atoms. The number of hydrogen-bond acceptors (Lipinski definition) is 4. The summed E-state index contributed by atoms with van der Waals surface area (Å²) in [6.07, 6.45) is 1.62. The van der Waals surface area contributed by atoms with Gasteiger partial charge in [0.05, 0.1) is 27.6 Å². The van der Waals surface area contributed by atoms with Gasteiger partial charge in [-0.1, -0.05) is 11.6 Å². The Kier molecular flexibility index (Phi) is 2.99. The number of piperidine rings is 1. The zero-order valence-corrected chi connectivity index (χ0v) is 11.8. The molecule has 1 atom stereocenters. The molecule has 0 aliphatic carbocycles. The van der Waals surface area contributed by atoms with Crippen molar-refractivity contribution in [3.63, 3.8) is 0 Å². The fourth-order valence-electron chi connectivity index (χ4n) is 2.82. The lowest BCUT2D eigenvalue weighted by Gasteiger charge is -2.38. The van der Waals surface area contributed by atoms with Crippen LogP contribution in [0.5, 0.6) is 0 Å². The Bertz CT molecular complexity index is 613. The third kappa shape index (κ3) is 2.17. The van der Waals surface area contributed by atoms with Crippen molar-refractivity contribution < 1.29 is 14.7 Å². The molecule has 1 amide bonds. The van der Waals surface area contributed by atoms with E-state index in [9.17, 15) is 14.7 Å². The molecule has 20 heavy (non-hydrogen) atoms. The Morgan fingerprint density at radius 2 is 2.15 bits per heavy atom. The van der Waals surface area contributed by atoms with Gasteiger partial charge in [0.15, 0.2) is 0 Å². The fourth-order valence-corrected chi connectivity index (χ4v) is 3.11. The van der Waals surface area contributed by atoms with E-state index in [4.69, 9.17) is 11.6 Å². The summed E-state index contributed by atoms with van der Waals surface area (Å²) in [5, 5.41) is 13.1. The molecular weight excluding hydrogens is 280 g/mol. The van der Waals surface area contributed by atoms with Crippen molar-refractivity contribution in [1.82, 2.24) is 0 Å². The maximum absolute atomic E-state index is 11.6. The Labute approximate surface area is 121 Å². The minimum Gasteiger partial charge on any atom is -0.388 e. The van der Waals surface area contributed by atoms with E-state index < -0.39 is 17.3 Å². The van der Waals surface area contributed by atoms with Crippen LogP contribution in [0.15, 0.2) is 12.1 Å². The summed E-state index contributed by atoms with van der Waals surface area (Å²) < 4.78 is 0. The van der Waals surface area contributed by atoms with Crippen LogP contribution >= 0.6 is 11.6 Å². The van der Waals surface area contributed by atoms with Gasteiger partial charge in [0.25, 0.3) is 11.7 Å². The van der Waals surface area contributed by atoms with E-state index >= 15 is 0 Å². The van der Waals surface area contributed by atoms with Crippen molar-refractivity contribution in [1.29, 1.82) is 0 Å². The standard InChI is InChI=1S/C14H15ClN2O3/c1-14(20)3-2-4-17(7-14)11-6-10-8(5-9(11)15)12(18)13(19)16-10/h5-6,20H,2-4,7H2,1H3,(H,16,18,19). The number of fused-ring (bicyclic) bond motifs is 1. The number of nitrogens with zero attached hydrogens (tertiary/aromatic N) is 1. The molecule has 0 bridgehead atoms. The van der Waals surface area contributed by atoms with E-state index in [0.29, 0.717) is 22.8 Å². The molecule has 2 aliphatic heterocycles. The highest BCUT2D eigenvalue weighted by Gasteiger charge is 2.33. The van der Waals surface area contributed by atoms with Crippen LogP contribution in [0, 0.1) is 0 Å². The molecule has 1 saturated heterocycles. The van der Waals surface area contributed by atoms with Gasteiger partial charge >= 0.3 is 0 Å². The summed E-state index contributed by atoms with van der Waals surface area (Å²) in [7, 11) is 0. The number of Topliss-reactive ketones (excluding diaryl/α,β-unsaturated/α-hetero) is 1. The molecule has 6 heteroatoms. The van der Waals surface area contributed by atoms with Crippen molar-refractivity contribution in [2.75, 3.05) is 23.3 Å². The Balaban J connectivity index is 1.98. The average Bonchev–Trinajstić information content (AvgIpc) is 2.63. The second-order valence-corrected chi connectivity index (χ2v) is 6.06. The van der Waals surface area contributed by atoms with Gasteiger partial charge in [0, 0.05) is 13.1 Å². The molecule has 0 radical (unpaired) electrons. The second-order valence-electron chi connectivity index (χ2n) is 5.65. The second kappa shape index (κ2) is 4.46. The molecule has 2 heterocycles. The quantitative estimate of drug-likeness (QED) is 0.775. The van der Waals surface area contributed by atoms with Gasteiger partial charge in [0.2, 0.25) is 0 Å². The van der Waals surface area contributed by atoms with Gasteiger partial charge in [-0.05, 0) is 31.9 Å². The van der Waals surface area contributed by atoms with Crippen LogP contribution in [0.2, 0.25) is 5.02 Å². The van der Waals surface area contributed by atoms with Crippen LogP contribution in [0.4, 0.5) is 11.4 Å². The van der Waals surface area contributed by atoms with Crippen LogP contribution in [-0.2, 0) is 4.79 Å². The number of β-amino-alcohol motifs (C(OH)–C–C–N with tert-alkyl or cyclic N) is 1. The Morgan fingerprint density at radius 3 is 2.85 bits per heavy atom. The van der Waals surface area contributed by atoms with Gasteiger partial charge < -0.3 is 15.3 Å². The molecule has 2 aliphatic rings. The molecule has 1 aromatic rings. The Morgan fingerprint density at radius 1 is 1.40 bits per heavy atom. The summed E-state index contributed by atoms with van der Waals surface area (Å²) in [6, 6.07) is 3.23. The van der Waals surface area contributed by atoms with Crippen molar-refractivity contribution in [3.05, 3.63) is 22.7 Å². The maximum atomic E-state index is 11.6. The fraction of sp³-hybridized carbons (Fsp3) is 0.429. The monoisotopic (exact) mass is 294 g/mol. The average molecular weight is 295 g/mol. The van der Waals surface area contributed by atoms with Crippen molar-refractivity contribution in [2.45, 2.75) is 25.4 Å². The molecule has 1 unspecified atom stereocenters. The minimum atomic E-state index is -0.750. The van der Waals surface area contributed by atoms with E-state index in [1.54, 1.807) is 13.0 Å². The molecule has 5 nitrogen and oxygen atoms in total. The van der Waals surface area contributed by atoms with Crippen LogP contribution in [0.1, 0.15) is 30.1 Å². The summed E-state index contributed by atoms with van der Waals surface area (Å²) in [5.74, 6) is -1.18. The van der Waals surface area contributed by atoms with Crippen LogP contribution < -0.4 is 10.2 Å². The van der Waals surface area contributed by atoms with Crippen molar-refractivity contribution in [2.24, 2.45) is 0 Å². The zero-order chi connectivity index (χ0) is 14.5. The number of carbonyl (C=O) groups is 2. The first-order valence-electron chi connectivity index (χ1n) is 6.54. The number of rotatable bonds is 1. The summed E-state index contributed by atoms with van der Waals surface area (Å²) in [4.78, 5) is 25.0. The van der Waals surface area contributed by atoms with E-state index in [2.05, 4.69) is 5.32 Å². The number of hydrogen-bond donors (Lipinski definition) is 2. The van der Waals surface area contributed by atoms with Gasteiger partial charge in [-0.3, -0.25) is 9.59 Å². The number of carbonyl (C=O) groups excluding carboxylic acids is 2. The number of ketones is 1. The van der Waals surface area contributed by atoms with Crippen LogP contribution in [0.3, 0.4) is 0 Å². The van der Waals surface area contributed by atoms with Gasteiger partial charge in [-0.25, -0.2) is 0 Å². The third-order valence-corrected chi connectivity index (χ3v) is 4.10. The van der Waals surface area contributed by atoms with Gasteiger partial charge in [-0.15, -0.1) is 0 Å². The lowest BCUT2D eigenvalue weighted by Crippen LogP contribution is -2.46. The highest BCUT2D eigenvalue weighted by molar-refractivity contribution is 6.52. The predicted molar refractivity (Wildman–Crippen MR) is 76.5 cm³/mol. The molecular formula is C14H15ClN2O3. The molecule has 2 N–H and O–H groups in total. The minimum absolute atomic E-state index is 0.313. The van der Waals surface area contributed by atoms with Crippen molar-refractivity contribution in [3.8, 4) is 0 Å². The van der Waals surface area contributed by atoms with E-state index in [1.165, 1.54) is 6.07 Å². The third-order valence-electron chi connectivity index (χ3n) is 3.80. The molecule has 106 valence electrons. The van der Waals surface area contributed by atoms with Crippen LogP contribution in [0.25, 0.3) is 0 Å². The number of anilines is 2.